The van der Waals surface area contributed by atoms with Gasteiger partial charge in [-0.1, -0.05) is 19.8 Å². The van der Waals surface area contributed by atoms with Gasteiger partial charge in [-0.15, -0.1) is 0 Å². The van der Waals surface area contributed by atoms with Crippen molar-refractivity contribution in [2.45, 2.75) is 51.6 Å². The SMILES string of the molecule is CC1CCCC(C2CCCO2)C1. The van der Waals surface area contributed by atoms with Crippen LogP contribution in [-0.4, -0.2) is 12.7 Å². The molecule has 2 fully saturated rings. The van der Waals surface area contributed by atoms with Gasteiger partial charge >= 0.3 is 0 Å². The van der Waals surface area contributed by atoms with Gasteiger partial charge in [-0.3, -0.25) is 0 Å². The van der Waals surface area contributed by atoms with Crippen molar-refractivity contribution in [2.24, 2.45) is 11.8 Å². The van der Waals surface area contributed by atoms with Gasteiger partial charge in [0.05, 0.1) is 6.10 Å². The standard InChI is InChI=1S/C11H20O/c1-9-4-2-5-10(8-9)11-6-3-7-12-11/h9-11H,2-8H2,1H3. The summed E-state index contributed by atoms with van der Waals surface area (Å²) in [6, 6.07) is 0. The van der Waals surface area contributed by atoms with Crippen LogP contribution in [0.3, 0.4) is 0 Å². The highest BCUT2D eigenvalue weighted by Crippen LogP contribution is 2.35. The summed E-state index contributed by atoms with van der Waals surface area (Å²) < 4.78 is 5.74. The summed E-state index contributed by atoms with van der Waals surface area (Å²) in [6.45, 7) is 3.41. The fraction of sp³-hybridized carbons (Fsp3) is 1.00. The van der Waals surface area contributed by atoms with E-state index in [0.717, 1.165) is 18.4 Å². The molecule has 0 amide bonds. The molecule has 0 bridgehead atoms. The largest absolute Gasteiger partial charge is 0.378 e. The van der Waals surface area contributed by atoms with Crippen molar-refractivity contribution in [1.82, 2.24) is 0 Å². The van der Waals surface area contributed by atoms with Crippen molar-refractivity contribution < 1.29 is 4.74 Å². The van der Waals surface area contributed by atoms with Crippen LogP contribution in [0.1, 0.15) is 45.4 Å². The van der Waals surface area contributed by atoms with Crippen molar-refractivity contribution in [1.29, 1.82) is 0 Å². The molecule has 1 heterocycles. The van der Waals surface area contributed by atoms with Gasteiger partial charge < -0.3 is 4.74 Å². The third-order valence-corrected chi connectivity index (χ3v) is 3.47. The van der Waals surface area contributed by atoms with Gasteiger partial charge in [-0.05, 0) is 37.5 Å². The molecular weight excluding hydrogens is 148 g/mol. The first kappa shape index (κ1) is 8.55. The second-order valence-corrected chi connectivity index (χ2v) is 4.58. The lowest BCUT2D eigenvalue weighted by atomic mass is 9.79. The molecule has 3 unspecified atom stereocenters. The molecule has 0 aromatic carbocycles. The van der Waals surface area contributed by atoms with Gasteiger partial charge in [0, 0.05) is 6.61 Å². The summed E-state index contributed by atoms with van der Waals surface area (Å²) in [6.07, 6.45) is 8.99. The van der Waals surface area contributed by atoms with Crippen LogP contribution in [0.25, 0.3) is 0 Å². The van der Waals surface area contributed by atoms with Crippen LogP contribution in [0.5, 0.6) is 0 Å². The smallest absolute Gasteiger partial charge is 0.0604 e. The van der Waals surface area contributed by atoms with E-state index in [1.54, 1.807) is 0 Å². The Kier molecular flexibility index (Phi) is 2.69. The van der Waals surface area contributed by atoms with Gasteiger partial charge in [0.1, 0.15) is 0 Å². The van der Waals surface area contributed by atoms with Gasteiger partial charge in [-0.2, -0.15) is 0 Å². The first-order valence-corrected chi connectivity index (χ1v) is 5.48. The molecule has 0 N–H and O–H groups in total. The maximum Gasteiger partial charge on any atom is 0.0604 e. The molecule has 1 nitrogen and oxygen atoms in total. The second kappa shape index (κ2) is 3.78. The highest BCUT2D eigenvalue weighted by atomic mass is 16.5. The van der Waals surface area contributed by atoms with Gasteiger partial charge in [0.25, 0.3) is 0 Å². The Labute approximate surface area is 75.5 Å². The molecule has 2 rings (SSSR count). The molecule has 1 aliphatic carbocycles. The Bertz CT molecular complexity index is 138. The minimum absolute atomic E-state index is 0.632. The number of hydrogen-bond acceptors (Lipinski definition) is 1. The first-order valence-electron chi connectivity index (χ1n) is 5.48. The Hall–Kier alpha value is -0.0400. The van der Waals surface area contributed by atoms with Crippen LogP contribution in [0.4, 0.5) is 0 Å². The Morgan fingerprint density at radius 1 is 1.08 bits per heavy atom. The van der Waals surface area contributed by atoms with Crippen molar-refractivity contribution in [3.8, 4) is 0 Å². The topological polar surface area (TPSA) is 9.23 Å². The molecule has 0 aromatic rings. The third-order valence-electron chi connectivity index (χ3n) is 3.47. The van der Waals surface area contributed by atoms with E-state index in [9.17, 15) is 0 Å². The third kappa shape index (κ3) is 1.82. The van der Waals surface area contributed by atoms with Gasteiger partial charge in [-0.25, -0.2) is 0 Å². The molecule has 1 saturated carbocycles. The molecule has 2 aliphatic rings. The van der Waals surface area contributed by atoms with Crippen molar-refractivity contribution >= 4 is 0 Å². The Morgan fingerprint density at radius 3 is 2.67 bits per heavy atom. The molecule has 0 spiro atoms. The van der Waals surface area contributed by atoms with E-state index in [4.69, 9.17) is 4.74 Å². The summed E-state index contributed by atoms with van der Waals surface area (Å²) in [5.74, 6) is 1.85. The molecule has 0 radical (unpaired) electrons. The lowest BCUT2D eigenvalue weighted by Crippen LogP contribution is -2.25. The normalized spacial score (nSPS) is 43.2. The van der Waals surface area contributed by atoms with Gasteiger partial charge in [0.15, 0.2) is 0 Å². The zero-order valence-corrected chi connectivity index (χ0v) is 8.09. The zero-order chi connectivity index (χ0) is 8.39. The molecule has 0 aromatic heterocycles. The van der Waals surface area contributed by atoms with E-state index in [1.807, 2.05) is 0 Å². The lowest BCUT2D eigenvalue weighted by Gasteiger charge is -2.30. The molecule has 1 aliphatic heterocycles. The predicted octanol–water partition coefficient (Wildman–Crippen LogP) is 2.99. The van der Waals surface area contributed by atoms with Crippen LogP contribution >= 0.6 is 0 Å². The number of hydrogen-bond donors (Lipinski definition) is 0. The van der Waals surface area contributed by atoms with Crippen LogP contribution in [-0.2, 0) is 4.74 Å². The minimum atomic E-state index is 0.632. The van der Waals surface area contributed by atoms with E-state index < -0.39 is 0 Å². The first-order chi connectivity index (χ1) is 5.86. The fourth-order valence-corrected chi connectivity index (χ4v) is 2.79. The van der Waals surface area contributed by atoms with Crippen LogP contribution in [0.15, 0.2) is 0 Å². The van der Waals surface area contributed by atoms with Gasteiger partial charge in [0.2, 0.25) is 0 Å². The van der Waals surface area contributed by atoms with Crippen molar-refractivity contribution in [3.05, 3.63) is 0 Å². The molecule has 70 valence electrons. The summed E-state index contributed by atoms with van der Waals surface area (Å²) >= 11 is 0. The van der Waals surface area contributed by atoms with Crippen LogP contribution < -0.4 is 0 Å². The predicted molar refractivity (Wildman–Crippen MR) is 50.1 cm³/mol. The Balaban J connectivity index is 1.85. The maximum atomic E-state index is 5.74. The van der Waals surface area contributed by atoms with Crippen molar-refractivity contribution in [2.75, 3.05) is 6.61 Å². The second-order valence-electron chi connectivity index (χ2n) is 4.58. The zero-order valence-electron chi connectivity index (χ0n) is 8.09. The highest BCUT2D eigenvalue weighted by molar-refractivity contribution is 4.79. The van der Waals surface area contributed by atoms with E-state index in [1.165, 1.54) is 38.5 Å². The quantitative estimate of drug-likeness (QED) is 0.585. The molecule has 1 saturated heterocycles. The lowest BCUT2D eigenvalue weighted by molar-refractivity contribution is 0.0389. The van der Waals surface area contributed by atoms with Crippen molar-refractivity contribution in [3.63, 3.8) is 0 Å². The van der Waals surface area contributed by atoms with E-state index >= 15 is 0 Å². The number of rotatable bonds is 1. The summed E-state index contributed by atoms with van der Waals surface area (Å²) in [7, 11) is 0. The average molecular weight is 168 g/mol. The number of ether oxygens (including phenoxy) is 1. The Morgan fingerprint density at radius 2 is 2.00 bits per heavy atom. The summed E-state index contributed by atoms with van der Waals surface area (Å²) in [5.41, 5.74) is 0. The summed E-state index contributed by atoms with van der Waals surface area (Å²) in [5, 5.41) is 0. The van der Waals surface area contributed by atoms with E-state index in [2.05, 4.69) is 6.92 Å². The average Bonchev–Trinajstić information content (AvgIpc) is 2.56. The van der Waals surface area contributed by atoms with E-state index in [0.29, 0.717) is 6.10 Å². The summed E-state index contributed by atoms with van der Waals surface area (Å²) in [4.78, 5) is 0. The minimum Gasteiger partial charge on any atom is -0.378 e. The molecule has 12 heavy (non-hydrogen) atoms. The maximum absolute atomic E-state index is 5.74. The monoisotopic (exact) mass is 168 g/mol. The molecule has 1 heteroatoms. The van der Waals surface area contributed by atoms with Crippen LogP contribution in [0.2, 0.25) is 0 Å². The van der Waals surface area contributed by atoms with E-state index in [-0.39, 0.29) is 0 Å². The van der Waals surface area contributed by atoms with Crippen LogP contribution in [0, 0.1) is 11.8 Å². The fourth-order valence-electron chi connectivity index (χ4n) is 2.79. The highest BCUT2D eigenvalue weighted by Gasteiger charge is 2.29. The molecule has 3 atom stereocenters. The molecular formula is C11H20O.